The van der Waals surface area contributed by atoms with E-state index < -0.39 is 42.7 Å². The SMILES string of the molecule is COC(=O)c1ccc(OCCC(F)(F)F)c(C(F)(F)F)c1. The smallest absolute Gasteiger partial charge is 0.419 e. The van der Waals surface area contributed by atoms with E-state index >= 15 is 0 Å². The fraction of sp³-hybridized carbons (Fsp3) is 0.417. The van der Waals surface area contributed by atoms with Crippen LogP contribution in [0.2, 0.25) is 0 Å². The molecule has 9 heteroatoms. The molecule has 0 fully saturated rings. The first-order chi connectivity index (χ1) is 9.54. The summed E-state index contributed by atoms with van der Waals surface area (Å²) in [6, 6.07) is 2.23. The van der Waals surface area contributed by atoms with E-state index in [0.29, 0.717) is 6.07 Å². The molecule has 1 aromatic carbocycles. The summed E-state index contributed by atoms with van der Waals surface area (Å²) in [6.07, 6.45) is -10.8. The van der Waals surface area contributed by atoms with Crippen molar-refractivity contribution in [2.24, 2.45) is 0 Å². The number of halogens is 6. The molecule has 0 radical (unpaired) electrons. The maximum absolute atomic E-state index is 12.8. The first kappa shape index (κ1) is 17.1. The van der Waals surface area contributed by atoms with E-state index in [1.165, 1.54) is 0 Å². The highest BCUT2D eigenvalue weighted by atomic mass is 19.4. The number of hydrogen-bond donors (Lipinski definition) is 0. The Labute approximate surface area is 115 Å². The minimum absolute atomic E-state index is 0.381. The molecule has 1 aromatic rings. The molecule has 21 heavy (non-hydrogen) atoms. The molecule has 0 heterocycles. The molecule has 0 bridgehead atoms. The molecule has 0 N–H and O–H groups in total. The van der Waals surface area contributed by atoms with Crippen LogP contribution in [0.3, 0.4) is 0 Å². The van der Waals surface area contributed by atoms with Gasteiger partial charge in [-0.2, -0.15) is 26.3 Å². The van der Waals surface area contributed by atoms with Gasteiger partial charge < -0.3 is 9.47 Å². The lowest BCUT2D eigenvalue weighted by molar-refractivity contribution is -0.143. The molecule has 0 aliphatic carbocycles. The fourth-order valence-corrected chi connectivity index (χ4v) is 1.40. The van der Waals surface area contributed by atoms with Gasteiger partial charge in [-0.3, -0.25) is 0 Å². The van der Waals surface area contributed by atoms with Crippen LogP contribution in [0.15, 0.2) is 18.2 Å². The third-order valence-electron chi connectivity index (χ3n) is 2.35. The van der Waals surface area contributed by atoms with Crippen molar-refractivity contribution in [2.45, 2.75) is 18.8 Å². The second-order valence-corrected chi connectivity index (χ2v) is 3.91. The first-order valence-corrected chi connectivity index (χ1v) is 5.53. The number of alkyl halides is 6. The Morgan fingerprint density at radius 3 is 2.24 bits per heavy atom. The molecule has 0 aliphatic rings. The van der Waals surface area contributed by atoms with Crippen LogP contribution >= 0.6 is 0 Å². The summed E-state index contributed by atoms with van der Waals surface area (Å²) >= 11 is 0. The maximum Gasteiger partial charge on any atom is 0.419 e. The standard InChI is InChI=1S/C12H10F6O3/c1-20-10(19)7-2-3-9(8(6-7)12(16,17)18)21-5-4-11(13,14)15/h2-3,6H,4-5H2,1H3. The molecule has 3 nitrogen and oxygen atoms in total. The lowest BCUT2D eigenvalue weighted by Gasteiger charge is -2.15. The summed E-state index contributed by atoms with van der Waals surface area (Å²) in [7, 11) is 0.989. The van der Waals surface area contributed by atoms with Crippen molar-refractivity contribution >= 4 is 5.97 Å². The van der Waals surface area contributed by atoms with Gasteiger partial charge in [-0.1, -0.05) is 0 Å². The van der Waals surface area contributed by atoms with E-state index in [4.69, 9.17) is 0 Å². The van der Waals surface area contributed by atoms with Crippen LogP contribution in [0.5, 0.6) is 5.75 Å². The van der Waals surface area contributed by atoms with Crippen molar-refractivity contribution < 1.29 is 40.6 Å². The molecule has 0 aliphatic heterocycles. The lowest BCUT2D eigenvalue weighted by atomic mass is 10.1. The fourth-order valence-electron chi connectivity index (χ4n) is 1.40. The van der Waals surface area contributed by atoms with Crippen molar-refractivity contribution in [1.29, 1.82) is 0 Å². The summed E-state index contributed by atoms with van der Waals surface area (Å²) in [5, 5.41) is 0. The third-order valence-corrected chi connectivity index (χ3v) is 2.35. The van der Waals surface area contributed by atoms with Crippen LogP contribution < -0.4 is 4.74 Å². The lowest BCUT2D eigenvalue weighted by Crippen LogP contribution is -2.16. The zero-order chi connectivity index (χ0) is 16.3. The number of rotatable bonds is 4. The van der Waals surface area contributed by atoms with E-state index in [2.05, 4.69) is 9.47 Å². The highest BCUT2D eigenvalue weighted by molar-refractivity contribution is 5.89. The van der Waals surface area contributed by atoms with Crippen LogP contribution in [-0.2, 0) is 10.9 Å². The molecule has 0 amide bonds. The predicted octanol–water partition coefficient (Wildman–Crippen LogP) is 3.82. The van der Waals surface area contributed by atoms with Gasteiger partial charge in [0.15, 0.2) is 0 Å². The maximum atomic E-state index is 12.8. The van der Waals surface area contributed by atoms with Gasteiger partial charge in [-0.15, -0.1) is 0 Å². The van der Waals surface area contributed by atoms with Crippen molar-refractivity contribution in [1.82, 2.24) is 0 Å². The number of hydrogen-bond acceptors (Lipinski definition) is 3. The first-order valence-electron chi connectivity index (χ1n) is 5.53. The number of esters is 1. The molecule has 0 saturated heterocycles. The molecule has 1 rings (SSSR count). The van der Waals surface area contributed by atoms with E-state index in [1.54, 1.807) is 0 Å². The molecule has 0 spiro atoms. The molecular formula is C12H10F6O3. The average Bonchev–Trinajstić information content (AvgIpc) is 2.35. The summed E-state index contributed by atoms with van der Waals surface area (Å²) in [4.78, 5) is 11.2. The Morgan fingerprint density at radius 1 is 1.14 bits per heavy atom. The van der Waals surface area contributed by atoms with Crippen molar-refractivity contribution in [3.8, 4) is 5.75 Å². The summed E-state index contributed by atoms with van der Waals surface area (Å²) in [5.41, 5.74) is -1.72. The van der Waals surface area contributed by atoms with Crippen LogP contribution in [0.4, 0.5) is 26.3 Å². The van der Waals surface area contributed by atoms with Gasteiger partial charge in [0.1, 0.15) is 5.75 Å². The van der Waals surface area contributed by atoms with Gasteiger partial charge in [0, 0.05) is 0 Å². The highest BCUT2D eigenvalue weighted by Crippen LogP contribution is 2.37. The van der Waals surface area contributed by atoms with Crippen LogP contribution in [0.25, 0.3) is 0 Å². The van der Waals surface area contributed by atoms with Crippen LogP contribution in [0.1, 0.15) is 22.3 Å². The largest absolute Gasteiger partial charge is 0.493 e. The summed E-state index contributed by atoms with van der Waals surface area (Å²) in [5.74, 6) is -1.78. The van der Waals surface area contributed by atoms with Crippen molar-refractivity contribution in [2.75, 3.05) is 13.7 Å². The minimum Gasteiger partial charge on any atom is -0.493 e. The molecule has 0 saturated carbocycles. The van der Waals surface area contributed by atoms with Gasteiger partial charge in [0.2, 0.25) is 0 Å². The highest BCUT2D eigenvalue weighted by Gasteiger charge is 2.36. The molecule has 0 aromatic heterocycles. The number of carbonyl (C=O) groups is 1. The van der Waals surface area contributed by atoms with Gasteiger partial charge in [0.25, 0.3) is 0 Å². The number of benzene rings is 1. The zero-order valence-corrected chi connectivity index (χ0v) is 10.6. The number of carbonyl (C=O) groups excluding carboxylic acids is 1. The predicted molar refractivity (Wildman–Crippen MR) is 59.0 cm³/mol. The molecule has 0 unspecified atom stereocenters. The summed E-state index contributed by atoms with van der Waals surface area (Å²) in [6.45, 7) is -0.954. The van der Waals surface area contributed by atoms with Gasteiger partial charge in [0.05, 0.1) is 31.3 Å². The monoisotopic (exact) mass is 316 g/mol. The van der Waals surface area contributed by atoms with Crippen LogP contribution in [0, 0.1) is 0 Å². The van der Waals surface area contributed by atoms with Crippen LogP contribution in [-0.4, -0.2) is 25.9 Å². The Balaban J connectivity index is 3.00. The topological polar surface area (TPSA) is 35.5 Å². The Kier molecular flexibility index (Phi) is 5.08. The average molecular weight is 316 g/mol. The number of methoxy groups -OCH3 is 1. The zero-order valence-electron chi connectivity index (χ0n) is 10.6. The van der Waals surface area contributed by atoms with Crippen molar-refractivity contribution in [3.05, 3.63) is 29.3 Å². The number of ether oxygens (including phenoxy) is 2. The second kappa shape index (κ2) is 6.23. The third kappa shape index (κ3) is 5.16. The Morgan fingerprint density at radius 2 is 1.76 bits per heavy atom. The van der Waals surface area contributed by atoms with E-state index in [0.717, 1.165) is 19.2 Å². The Hall–Kier alpha value is -1.93. The van der Waals surface area contributed by atoms with E-state index in [9.17, 15) is 31.1 Å². The minimum atomic E-state index is -4.88. The second-order valence-electron chi connectivity index (χ2n) is 3.91. The normalized spacial score (nSPS) is 12.1. The molecule has 118 valence electrons. The van der Waals surface area contributed by atoms with Gasteiger partial charge in [-0.05, 0) is 18.2 Å². The summed E-state index contributed by atoms with van der Waals surface area (Å²) < 4.78 is 83.0. The van der Waals surface area contributed by atoms with Gasteiger partial charge in [-0.25, -0.2) is 4.79 Å². The Bertz CT molecular complexity index is 507. The van der Waals surface area contributed by atoms with E-state index in [-0.39, 0.29) is 5.56 Å². The quantitative estimate of drug-likeness (QED) is 0.626. The van der Waals surface area contributed by atoms with Crippen molar-refractivity contribution in [3.63, 3.8) is 0 Å². The molecule has 0 atom stereocenters. The molecular weight excluding hydrogens is 306 g/mol. The van der Waals surface area contributed by atoms with E-state index in [1.807, 2.05) is 0 Å². The van der Waals surface area contributed by atoms with Gasteiger partial charge >= 0.3 is 18.3 Å².